The number of likely N-dealkylation sites (N-methyl/N-ethyl adjacent to an activating group) is 1. The SMILES string of the molecule is C=CCC1(CCO[Si](C)(C)C(C)(C)C)C(=O)N(C)c2ccccc21. The van der Waals surface area contributed by atoms with Gasteiger partial charge in [-0.1, -0.05) is 45.0 Å². The summed E-state index contributed by atoms with van der Waals surface area (Å²) in [6, 6.07) is 8.09. The lowest BCUT2D eigenvalue weighted by molar-refractivity contribution is -0.123. The van der Waals surface area contributed by atoms with Gasteiger partial charge in [0.2, 0.25) is 5.91 Å². The number of nitrogens with zero attached hydrogens (tertiary/aromatic N) is 1. The van der Waals surface area contributed by atoms with Gasteiger partial charge in [0.25, 0.3) is 0 Å². The molecule has 4 heteroatoms. The number of hydrogen-bond donors (Lipinski definition) is 0. The Bertz CT molecular complexity index is 633. The van der Waals surface area contributed by atoms with Crippen LogP contribution in [0.25, 0.3) is 0 Å². The second-order valence-corrected chi connectivity index (χ2v) is 13.1. The second-order valence-electron chi connectivity index (χ2n) is 8.31. The molecule has 1 unspecified atom stereocenters. The first-order chi connectivity index (χ1) is 11.1. The zero-order valence-electron chi connectivity index (χ0n) is 16.0. The zero-order chi connectivity index (χ0) is 18.2. The number of rotatable bonds is 6. The van der Waals surface area contributed by atoms with Crippen molar-refractivity contribution >= 4 is 19.9 Å². The fraction of sp³-hybridized carbons (Fsp3) is 0.550. The molecule has 0 saturated heterocycles. The molecule has 0 fully saturated rings. The van der Waals surface area contributed by atoms with E-state index in [9.17, 15) is 4.79 Å². The fourth-order valence-electron chi connectivity index (χ4n) is 3.20. The molecule has 1 heterocycles. The van der Waals surface area contributed by atoms with Crippen LogP contribution in [0.1, 0.15) is 39.2 Å². The largest absolute Gasteiger partial charge is 0.417 e. The van der Waals surface area contributed by atoms with Crippen molar-refractivity contribution in [1.29, 1.82) is 0 Å². The number of hydrogen-bond acceptors (Lipinski definition) is 2. The standard InChI is InChI=1S/C20H31NO2Si/c1-8-13-20(14-15-23-24(6,7)19(2,3)4)16-11-9-10-12-17(16)21(5)18(20)22/h8-12H,1,13-15H2,2-7H3. The minimum Gasteiger partial charge on any atom is -0.417 e. The molecule has 0 aliphatic carbocycles. The van der Waals surface area contributed by atoms with Crippen molar-refractivity contribution in [3.8, 4) is 0 Å². The minimum absolute atomic E-state index is 0.155. The van der Waals surface area contributed by atoms with Crippen LogP contribution in [-0.2, 0) is 14.6 Å². The summed E-state index contributed by atoms with van der Waals surface area (Å²) in [6.07, 6.45) is 3.21. The summed E-state index contributed by atoms with van der Waals surface area (Å²) in [5.41, 5.74) is 1.59. The molecule has 1 atom stereocenters. The second kappa shape index (κ2) is 6.49. The number of fused-ring (bicyclic) bond motifs is 1. The van der Waals surface area contributed by atoms with E-state index in [0.29, 0.717) is 19.4 Å². The highest BCUT2D eigenvalue weighted by atomic mass is 28.4. The maximum absolute atomic E-state index is 13.1. The van der Waals surface area contributed by atoms with Crippen molar-refractivity contribution < 1.29 is 9.22 Å². The Balaban J connectivity index is 2.27. The van der Waals surface area contributed by atoms with Crippen molar-refractivity contribution in [2.45, 2.75) is 57.2 Å². The van der Waals surface area contributed by atoms with Crippen LogP contribution in [0.15, 0.2) is 36.9 Å². The summed E-state index contributed by atoms with van der Waals surface area (Å²) >= 11 is 0. The van der Waals surface area contributed by atoms with Crippen LogP contribution in [-0.4, -0.2) is 27.9 Å². The van der Waals surface area contributed by atoms with E-state index in [0.717, 1.165) is 11.3 Å². The van der Waals surface area contributed by atoms with Crippen LogP contribution in [0, 0.1) is 0 Å². The highest BCUT2D eigenvalue weighted by Crippen LogP contribution is 2.46. The highest BCUT2D eigenvalue weighted by Gasteiger charge is 2.48. The quantitative estimate of drug-likeness (QED) is 0.543. The Hall–Kier alpha value is -1.39. The number of anilines is 1. The molecular formula is C20H31NO2Si. The van der Waals surface area contributed by atoms with Gasteiger partial charge in [0, 0.05) is 19.3 Å². The Morgan fingerprint density at radius 3 is 2.50 bits per heavy atom. The van der Waals surface area contributed by atoms with E-state index in [1.807, 2.05) is 31.3 Å². The van der Waals surface area contributed by atoms with Crippen molar-refractivity contribution in [3.05, 3.63) is 42.5 Å². The molecule has 3 nitrogen and oxygen atoms in total. The molecule has 0 radical (unpaired) electrons. The average Bonchev–Trinajstić information content (AvgIpc) is 2.70. The van der Waals surface area contributed by atoms with Gasteiger partial charge in [-0.2, -0.15) is 0 Å². The lowest BCUT2D eigenvalue weighted by Crippen LogP contribution is -2.44. The molecule has 0 spiro atoms. The molecule has 1 aliphatic rings. The summed E-state index contributed by atoms with van der Waals surface area (Å²) in [5.74, 6) is 0.155. The van der Waals surface area contributed by atoms with Gasteiger partial charge >= 0.3 is 0 Å². The van der Waals surface area contributed by atoms with Gasteiger partial charge < -0.3 is 9.33 Å². The van der Waals surface area contributed by atoms with Crippen molar-refractivity contribution in [1.82, 2.24) is 0 Å². The fourth-order valence-corrected chi connectivity index (χ4v) is 4.25. The van der Waals surface area contributed by atoms with E-state index in [2.05, 4.69) is 46.5 Å². The lowest BCUT2D eigenvalue weighted by atomic mass is 9.76. The number of benzene rings is 1. The van der Waals surface area contributed by atoms with Gasteiger partial charge in [0.05, 0.1) is 5.41 Å². The van der Waals surface area contributed by atoms with E-state index in [1.165, 1.54) is 0 Å². The third-order valence-electron chi connectivity index (χ3n) is 5.79. The normalized spacial score (nSPS) is 21.1. The summed E-state index contributed by atoms with van der Waals surface area (Å²) in [7, 11) is 0.0478. The first kappa shape index (κ1) is 18.9. The summed E-state index contributed by atoms with van der Waals surface area (Å²) in [5, 5.41) is 0.174. The molecule has 24 heavy (non-hydrogen) atoms. The molecule has 1 amide bonds. The van der Waals surface area contributed by atoms with E-state index in [4.69, 9.17) is 4.43 Å². The third kappa shape index (κ3) is 3.09. The van der Waals surface area contributed by atoms with Crippen LogP contribution in [0.5, 0.6) is 0 Å². The third-order valence-corrected chi connectivity index (χ3v) is 10.3. The van der Waals surface area contributed by atoms with Gasteiger partial charge in [-0.3, -0.25) is 4.79 Å². The Morgan fingerprint density at radius 1 is 1.29 bits per heavy atom. The van der Waals surface area contributed by atoms with Crippen LogP contribution >= 0.6 is 0 Å². The smallest absolute Gasteiger partial charge is 0.237 e. The molecule has 0 aromatic heterocycles. The van der Waals surface area contributed by atoms with Gasteiger partial charge in [0.1, 0.15) is 0 Å². The van der Waals surface area contributed by atoms with Crippen LogP contribution in [0.2, 0.25) is 18.1 Å². The van der Waals surface area contributed by atoms with Gasteiger partial charge in [-0.15, -0.1) is 6.58 Å². The minimum atomic E-state index is -1.81. The van der Waals surface area contributed by atoms with Crippen LogP contribution in [0.4, 0.5) is 5.69 Å². The van der Waals surface area contributed by atoms with E-state index < -0.39 is 13.7 Å². The Kier molecular flexibility index (Phi) is 5.12. The van der Waals surface area contributed by atoms with E-state index >= 15 is 0 Å². The Labute approximate surface area is 147 Å². The summed E-state index contributed by atoms with van der Waals surface area (Å²) in [6.45, 7) is 15.7. The first-order valence-electron chi connectivity index (χ1n) is 8.69. The van der Waals surface area contributed by atoms with Gasteiger partial charge in [-0.25, -0.2) is 0 Å². The first-order valence-corrected chi connectivity index (χ1v) is 11.6. The van der Waals surface area contributed by atoms with Crippen molar-refractivity contribution in [2.75, 3.05) is 18.6 Å². The molecule has 0 N–H and O–H groups in total. The highest BCUT2D eigenvalue weighted by molar-refractivity contribution is 6.74. The van der Waals surface area contributed by atoms with Gasteiger partial charge in [-0.05, 0) is 42.6 Å². The Morgan fingerprint density at radius 2 is 1.92 bits per heavy atom. The molecule has 0 saturated carbocycles. The number of amides is 1. The van der Waals surface area contributed by atoms with Crippen molar-refractivity contribution in [3.63, 3.8) is 0 Å². The average molecular weight is 346 g/mol. The number of para-hydroxylation sites is 1. The predicted molar refractivity (Wildman–Crippen MR) is 104 cm³/mol. The van der Waals surface area contributed by atoms with Crippen molar-refractivity contribution in [2.24, 2.45) is 0 Å². The van der Waals surface area contributed by atoms with Crippen LogP contribution < -0.4 is 4.90 Å². The topological polar surface area (TPSA) is 29.5 Å². The zero-order valence-corrected chi connectivity index (χ0v) is 17.0. The maximum Gasteiger partial charge on any atom is 0.237 e. The van der Waals surface area contributed by atoms with E-state index in [-0.39, 0.29) is 10.9 Å². The van der Waals surface area contributed by atoms with Crippen LogP contribution in [0.3, 0.4) is 0 Å². The van der Waals surface area contributed by atoms with E-state index in [1.54, 1.807) is 4.90 Å². The lowest BCUT2D eigenvalue weighted by Gasteiger charge is -2.37. The molecule has 1 aromatic carbocycles. The summed E-state index contributed by atoms with van der Waals surface area (Å²) in [4.78, 5) is 14.8. The maximum atomic E-state index is 13.1. The molecule has 1 aliphatic heterocycles. The number of carbonyl (C=O) groups excluding carboxylic acids is 1. The predicted octanol–water partition coefficient (Wildman–Crippen LogP) is 4.89. The molecular weight excluding hydrogens is 314 g/mol. The monoisotopic (exact) mass is 345 g/mol. The number of carbonyl (C=O) groups is 1. The molecule has 0 bridgehead atoms. The molecule has 132 valence electrons. The molecule has 2 rings (SSSR count). The summed E-state index contributed by atoms with van der Waals surface area (Å²) < 4.78 is 6.36. The molecule has 1 aromatic rings. The van der Waals surface area contributed by atoms with Gasteiger partial charge in [0.15, 0.2) is 8.32 Å². The number of allylic oxidation sites excluding steroid dienone is 1.